The summed E-state index contributed by atoms with van der Waals surface area (Å²) in [4.78, 5) is 39.0. The van der Waals surface area contributed by atoms with Crippen LogP contribution in [-0.4, -0.2) is 94.3 Å². The Bertz CT molecular complexity index is 826. The highest BCUT2D eigenvalue weighted by Crippen LogP contribution is 2.30. The first-order valence-corrected chi connectivity index (χ1v) is 14.1. The molecular weight excluding hydrogens is 516 g/mol. The third kappa shape index (κ3) is 13.6. The minimum atomic E-state index is -0.807. The van der Waals surface area contributed by atoms with Crippen molar-refractivity contribution in [2.75, 3.05) is 19.8 Å². The van der Waals surface area contributed by atoms with Gasteiger partial charge < -0.3 is 30.0 Å². The maximum absolute atomic E-state index is 12.3. The van der Waals surface area contributed by atoms with E-state index >= 15 is 0 Å². The number of carbonyl (C=O) groups excluding carboxylic acids is 3. The Labute approximate surface area is 242 Å². The summed E-state index contributed by atoms with van der Waals surface area (Å²) in [6, 6.07) is 0.163. The number of nitrogens with one attached hydrogen (secondary N) is 1. The summed E-state index contributed by atoms with van der Waals surface area (Å²) < 4.78 is 22.0. The van der Waals surface area contributed by atoms with E-state index in [0.29, 0.717) is 25.2 Å². The van der Waals surface area contributed by atoms with Crippen molar-refractivity contribution >= 4 is 18.0 Å². The molecule has 11 heteroatoms. The molecule has 2 amide bonds. The van der Waals surface area contributed by atoms with Gasteiger partial charge >= 0.3 is 12.2 Å². The number of hydrogen-bond acceptors (Lipinski definition) is 9. The van der Waals surface area contributed by atoms with Crippen LogP contribution in [0.1, 0.15) is 104 Å². The Morgan fingerprint density at radius 2 is 1.23 bits per heavy atom. The van der Waals surface area contributed by atoms with Gasteiger partial charge in [-0.25, -0.2) is 9.59 Å². The SMILES string of the molecule is CC(=O)C1COC(C)(C)N1C(=O)OC(C)(C)C.CC(C)N.CC(C)NCC1COC(C)(C)N1C(=O)OC(C)(C)C. The van der Waals surface area contributed by atoms with Gasteiger partial charge in [-0.15, -0.1) is 0 Å². The maximum atomic E-state index is 12.3. The minimum absolute atomic E-state index is 0.00671. The lowest BCUT2D eigenvalue weighted by atomic mass is 10.1. The van der Waals surface area contributed by atoms with Gasteiger partial charge in [0.05, 0.1) is 19.3 Å². The van der Waals surface area contributed by atoms with Crippen molar-refractivity contribution in [1.82, 2.24) is 15.1 Å². The van der Waals surface area contributed by atoms with Crippen LogP contribution in [0.25, 0.3) is 0 Å². The van der Waals surface area contributed by atoms with Crippen molar-refractivity contribution in [2.24, 2.45) is 5.73 Å². The van der Waals surface area contributed by atoms with Gasteiger partial charge in [0.15, 0.2) is 5.78 Å². The quantitative estimate of drug-likeness (QED) is 0.492. The van der Waals surface area contributed by atoms with Gasteiger partial charge in [-0.3, -0.25) is 14.6 Å². The minimum Gasteiger partial charge on any atom is -0.444 e. The van der Waals surface area contributed by atoms with Gasteiger partial charge in [-0.1, -0.05) is 27.7 Å². The first-order valence-electron chi connectivity index (χ1n) is 14.1. The zero-order chi connectivity index (χ0) is 31.9. The van der Waals surface area contributed by atoms with Crippen LogP contribution in [-0.2, 0) is 23.7 Å². The highest BCUT2D eigenvalue weighted by atomic mass is 16.6. The first-order chi connectivity index (χ1) is 17.8. The Morgan fingerprint density at radius 1 is 0.850 bits per heavy atom. The van der Waals surface area contributed by atoms with E-state index in [4.69, 9.17) is 24.7 Å². The monoisotopic (exact) mass is 574 g/mol. The molecule has 0 aromatic carbocycles. The van der Waals surface area contributed by atoms with Crippen LogP contribution in [0.5, 0.6) is 0 Å². The summed E-state index contributed by atoms with van der Waals surface area (Å²) in [6.45, 7) is 29.2. The van der Waals surface area contributed by atoms with E-state index in [1.54, 1.807) is 39.5 Å². The molecule has 3 N–H and O–H groups in total. The summed E-state index contributed by atoms with van der Waals surface area (Å²) in [7, 11) is 0. The standard InChI is InChI=1S/C14H28N2O3.C12H21NO4.C3H9N/c1-10(2)15-8-11-9-18-14(6,7)16(11)12(17)19-13(3,4)5;1-8(14)9-7-16-12(5,6)13(9)10(15)17-11(2,3)4;1-3(2)4/h10-11,15H,8-9H2,1-7H3;9H,7H2,1-6H3;3H,4H2,1-2H3. The summed E-state index contributed by atoms with van der Waals surface area (Å²) in [5, 5.41) is 3.34. The Kier molecular flexibility index (Phi) is 14.1. The fourth-order valence-corrected chi connectivity index (χ4v) is 3.85. The molecule has 2 fully saturated rings. The third-order valence-corrected chi connectivity index (χ3v) is 5.47. The number of rotatable bonds is 4. The molecule has 2 aliphatic rings. The molecule has 236 valence electrons. The average molecular weight is 575 g/mol. The Morgan fingerprint density at radius 3 is 1.60 bits per heavy atom. The second kappa shape index (κ2) is 14.8. The Balaban J connectivity index is 0.000000674. The maximum Gasteiger partial charge on any atom is 0.413 e. The molecule has 2 rings (SSSR count). The van der Waals surface area contributed by atoms with Crippen LogP contribution in [0.2, 0.25) is 0 Å². The fourth-order valence-electron chi connectivity index (χ4n) is 3.85. The van der Waals surface area contributed by atoms with Gasteiger partial charge in [0, 0.05) is 12.6 Å². The molecule has 11 nitrogen and oxygen atoms in total. The largest absolute Gasteiger partial charge is 0.444 e. The van der Waals surface area contributed by atoms with E-state index in [-0.39, 0.29) is 24.5 Å². The van der Waals surface area contributed by atoms with Crippen LogP contribution in [0.3, 0.4) is 0 Å². The second-order valence-corrected chi connectivity index (χ2v) is 13.8. The molecule has 2 aliphatic heterocycles. The predicted octanol–water partition coefficient (Wildman–Crippen LogP) is 4.66. The van der Waals surface area contributed by atoms with Gasteiger partial charge in [0.2, 0.25) is 0 Å². The summed E-state index contributed by atoms with van der Waals surface area (Å²) in [5.74, 6) is -0.0959. The second-order valence-electron chi connectivity index (χ2n) is 13.8. The van der Waals surface area contributed by atoms with Crippen molar-refractivity contribution in [2.45, 2.75) is 151 Å². The predicted molar refractivity (Wildman–Crippen MR) is 157 cm³/mol. The van der Waals surface area contributed by atoms with E-state index in [9.17, 15) is 14.4 Å². The number of ketones is 1. The van der Waals surface area contributed by atoms with Gasteiger partial charge in [0.25, 0.3) is 0 Å². The molecule has 0 aliphatic carbocycles. The van der Waals surface area contributed by atoms with Gasteiger partial charge in [-0.2, -0.15) is 0 Å². The molecule has 40 heavy (non-hydrogen) atoms. The molecular formula is C29H58N4O7. The Hall–Kier alpha value is -1.95. The number of ether oxygens (including phenoxy) is 4. The molecule has 0 radical (unpaired) electrons. The topological polar surface area (TPSA) is 133 Å². The molecule has 0 aromatic rings. The van der Waals surface area contributed by atoms with Crippen LogP contribution in [0, 0.1) is 0 Å². The molecule has 0 bridgehead atoms. The molecule has 2 unspecified atom stereocenters. The number of nitrogens with zero attached hydrogens (tertiary/aromatic N) is 2. The lowest BCUT2D eigenvalue weighted by Gasteiger charge is -2.35. The number of nitrogens with two attached hydrogens (primary N) is 1. The number of amides is 2. The molecule has 0 spiro atoms. The first kappa shape index (κ1) is 38.0. The molecule has 0 saturated carbocycles. The van der Waals surface area contributed by atoms with Crippen molar-refractivity contribution in [3.63, 3.8) is 0 Å². The normalized spacial score (nSPS) is 21.9. The summed E-state index contributed by atoms with van der Waals surface area (Å²) in [6.07, 6.45) is -0.828. The zero-order valence-corrected chi connectivity index (χ0v) is 27.8. The third-order valence-electron chi connectivity index (χ3n) is 5.47. The zero-order valence-electron chi connectivity index (χ0n) is 27.8. The number of hydrogen-bond donors (Lipinski definition) is 2. The highest BCUT2D eigenvalue weighted by Gasteiger charge is 2.48. The lowest BCUT2D eigenvalue weighted by molar-refractivity contribution is -0.122. The van der Waals surface area contributed by atoms with E-state index < -0.39 is 34.8 Å². The van der Waals surface area contributed by atoms with Crippen molar-refractivity contribution < 1.29 is 33.3 Å². The van der Waals surface area contributed by atoms with Crippen LogP contribution < -0.4 is 11.1 Å². The van der Waals surface area contributed by atoms with E-state index in [0.717, 1.165) is 0 Å². The average Bonchev–Trinajstić information content (AvgIpc) is 3.18. The van der Waals surface area contributed by atoms with E-state index in [2.05, 4.69) is 19.2 Å². The van der Waals surface area contributed by atoms with Crippen LogP contribution >= 0.6 is 0 Å². The lowest BCUT2D eigenvalue weighted by Crippen LogP contribution is -2.52. The van der Waals surface area contributed by atoms with Crippen LogP contribution in [0.4, 0.5) is 9.59 Å². The summed E-state index contributed by atoms with van der Waals surface area (Å²) >= 11 is 0. The molecule has 0 aromatic heterocycles. The number of Topliss-reactive ketones (excluding diaryl/α,β-unsaturated/α-hetero) is 1. The highest BCUT2D eigenvalue weighted by molar-refractivity contribution is 5.86. The van der Waals surface area contributed by atoms with E-state index in [1.165, 1.54) is 11.8 Å². The van der Waals surface area contributed by atoms with Crippen molar-refractivity contribution in [3.8, 4) is 0 Å². The summed E-state index contributed by atoms with van der Waals surface area (Å²) in [5.41, 5.74) is 2.60. The van der Waals surface area contributed by atoms with E-state index in [1.807, 2.05) is 48.5 Å². The smallest absolute Gasteiger partial charge is 0.413 e. The fraction of sp³-hybridized carbons (Fsp3) is 0.897. The molecule has 2 heterocycles. The molecule has 2 saturated heterocycles. The van der Waals surface area contributed by atoms with Crippen molar-refractivity contribution in [1.29, 1.82) is 0 Å². The molecule has 2 atom stereocenters. The van der Waals surface area contributed by atoms with Crippen molar-refractivity contribution in [3.05, 3.63) is 0 Å². The van der Waals surface area contributed by atoms with Crippen LogP contribution in [0.15, 0.2) is 0 Å². The number of carbonyl (C=O) groups is 3. The van der Waals surface area contributed by atoms with Gasteiger partial charge in [0.1, 0.15) is 28.7 Å². The van der Waals surface area contributed by atoms with Gasteiger partial charge in [-0.05, 0) is 82.2 Å².